The first kappa shape index (κ1) is 26.4. The molecule has 0 saturated carbocycles. The smallest absolute Gasteiger partial charge is 0.335 e. The molecule has 10 heteroatoms. The van der Waals surface area contributed by atoms with Crippen molar-refractivity contribution in [1.29, 1.82) is 0 Å². The number of carbonyl (C=O) groups is 4. The summed E-state index contributed by atoms with van der Waals surface area (Å²) in [6, 6.07) is 15.1. The molecule has 0 spiro atoms. The van der Waals surface area contributed by atoms with Gasteiger partial charge in [0.15, 0.2) is 11.5 Å². The van der Waals surface area contributed by atoms with Gasteiger partial charge in [0.25, 0.3) is 11.8 Å². The minimum absolute atomic E-state index is 0.164. The molecule has 0 aromatic heterocycles. The number of imide groups is 2. The molecule has 38 heavy (non-hydrogen) atoms. The minimum Gasteiger partial charge on any atom is -0.490 e. The number of rotatable bonds is 8. The van der Waals surface area contributed by atoms with Gasteiger partial charge in [0, 0.05) is 5.02 Å². The molecule has 194 valence electrons. The molecule has 0 atom stereocenters. The Bertz CT molecular complexity index is 1460. The Morgan fingerprint density at radius 1 is 1.00 bits per heavy atom. The minimum atomic E-state index is -1.01. The summed E-state index contributed by atoms with van der Waals surface area (Å²) in [5.41, 5.74) is 2.07. The van der Waals surface area contributed by atoms with Crippen molar-refractivity contribution < 1.29 is 33.8 Å². The summed E-state index contributed by atoms with van der Waals surface area (Å²) in [7, 11) is 0. The van der Waals surface area contributed by atoms with Crippen molar-refractivity contribution in [2.75, 3.05) is 11.5 Å². The Morgan fingerprint density at radius 2 is 1.74 bits per heavy atom. The van der Waals surface area contributed by atoms with Crippen LogP contribution in [0.4, 0.5) is 10.5 Å². The fraction of sp³-hybridized carbons (Fsp3) is 0.143. The second-order valence-corrected chi connectivity index (χ2v) is 8.76. The number of amides is 4. The average molecular weight is 535 g/mol. The molecule has 0 aliphatic carbocycles. The summed E-state index contributed by atoms with van der Waals surface area (Å²) >= 11 is 6.07. The maximum absolute atomic E-state index is 13.3. The molecule has 1 aliphatic heterocycles. The third-order valence-corrected chi connectivity index (χ3v) is 5.92. The van der Waals surface area contributed by atoms with Crippen LogP contribution in [0.25, 0.3) is 6.08 Å². The van der Waals surface area contributed by atoms with Crippen LogP contribution in [0, 0.1) is 6.92 Å². The number of aromatic carboxylic acids is 1. The van der Waals surface area contributed by atoms with E-state index in [0.29, 0.717) is 34.3 Å². The molecule has 1 aliphatic rings. The second-order valence-electron chi connectivity index (χ2n) is 8.32. The first-order valence-electron chi connectivity index (χ1n) is 11.6. The van der Waals surface area contributed by atoms with Gasteiger partial charge in [-0.2, -0.15) is 0 Å². The van der Waals surface area contributed by atoms with Crippen molar-refractivity contribution in [3.63, 3.8) is 0 Å². The number of halogens is 1. The SMILES string of the molecule is CCOc1cc(/C=C2\C(=O)NC(=O)N(c3cc(Cl)ccc3C)C2=O)ccc1OCc1ccc(C(=O)O)cc1. The number of nitrogens with one attached hydrogen (secondary N) is 1. The van der Waals surface area contributed by atoms with Crippen LogP contribution >= 0.6 is 11.6 Å². The highest BCUT2D eigenvalue weighted by molar-refractivity contribution is 6.39. The van der Waals surface area contributed by atoms with Crippen LogP contribution < -0.4 is 19.7 Å². The summed E-state index contributed by atoms with van der Waals surface area (Å²) in [6.07, 6.45) is 1.37. The zero-order valence-electron chi connectivity index (χ0n) is 20.5. The predicted octanol–water partition coefficient (Wildman–Crippen LogP) is 4.99. The largest absolute Gasteiger partial charge is 0.490 e. The average Bonchev–Trinajstić information content (AvgIpc) is 2.88. The van der Waals surface area contributed by atoms with Crippen molar-refractivity contribution in [3.05, 3.63) is 93.5 Å². The molecule has 0 radical (unpaired) electrons. The Morgan fingerprint density at radius 3 is 2.42 bits per heavy atom. The number of hydrogen-bond donors (Lipinski definition) is 2. The van der Waals surface area contributed by atoms with Gasteiger partial charge >= 0.3 is 12.0 Å². The van der Waals surface area contributed by atoms with E-state index in [9.17, 15) is 19.2 Å². The van der Waals surface area contributed by atoms with Gasteiger partial charge in [-0.05, 0) is 73.0 Å². The van der Waals surface area contributed by atoms with Gasteiger partial charge in [-0.15, -0.1) is 0 Å². The van der Waals surface area contributed by atoms with E-state index in [2.05, 4.69) is 5.32 Å². The summed E-state index contributed by atoms with van der Waals surface area (Å²) in [5, 5.41) is 11.6. The van der Waals surface area contributed by atoms with E-state index in [0.717, 1.165) is 10.5 Å². The molecule has 1 saturated heterocycles. The van der Waals surface area contributed by atoms with Crippen LogP contribution in [0.2, 0.25) is 5.02 Å². The third-order valence-electron chi connectivity index (χ3n) is 5.69. The Hall–Kier alpha value is -4.63. The van der Waals surface area contributed by atoms with Gasteiger partial charge in [-0.25, -0.2) is 14.5 Å². The Kier molecular flexibility index (Phi) is 7.78. The van der Waals surface area contributed by atoms with Crippen molar-refractivity contribution >= 4 is 47.2 Å². The zero-order valence-corrected chi connectivity index (χ0v) is 21.2. The van der Waals surface area contributed by atoms with Crippen molar-refractivity contribution in [3.8, 4) is 11.5 Å². The number of barbiturate groups is 1. The fourth-order valence-corrected chi connectivity index (χ4v) is 3.94. The fourth-order valence-electron chi connectivity index (χ4n) is 3.77. The van der Waals surface area contributed by atoms with Gasteiger partial charge in [0.1, 0.15) is 12.2 Å². The number of nitrogens with zero attached hydrogens (tertiary/aromatic N) is 1. The molecular formula is C28H23ClN2O7. The van der Waals surface area contributed by atoms with E-state index in [1.165, 1.54) is 24.3 Å². The van der Waals surface area contributed by atoms with Crippen molar-refractivity contribution in [2.24, 2.45) is 0 Å². The number of aryl methyl sites for hydroxylation is 1. The van der Waals surface area contributed by atoms with E-state index >= 15 is 0 Å². The third kappa shape index (κ3) is 5.68. The van der Waals surface area contributed by atoms with Crippen molar-refractivity contribution in [1.82, 2.24) is 5.32 Å². The summed E-state index contributed by atoms with van der Waals surface area (Å²) in [6.45, 7) is 4.02. The number of benzene rings is 3. The van der Waals surface area contributed by atoms with Gasteiger partial charge < -0.3 is 14.6 Å². The van der Waals surface area contributed by atoms with Gasteiger partial charge in [0.2, 0.25) is 0 Å². The molecule has 3 aromatic rings. The highest BCUT2D eigenvalue weighted by Crippen LogP contribution is 2.32. The van der Waals surface area contributed by atoms with Gasteiger partial charge in [-0.1, -0.05) is 35.9 Å². The van der Waals surface area contributed by atoms with Gasteiger partial charge in [-0.3, -0.25) is 14.9 Å². The lowest BCUT2D eigenvalue weighted by Gasteiger charge is -2.27. The van der Waals surface area contributed by atoms with E-state index in [4.69, 9.17) is 26.2 Å². The van der Waals surface area contributed by atoms with Crippen LogP contribution in [-0.2, 0) is 16.2 Å². The number of carbonyl (C=O) groups excluding carboxylic acids is 3. The lowest BCUT2D eigenvalue weighted by molar-refractivity contribution is -0.122. The molecule has 1 fully saturated rings. The molecule has 4 amide bonds. The highest BCUT2D eigenvalue weighted by Gasteiger charge is 2.37. The molecule has 2 N–H and O–H groups in total. The van der Waals surface area contributed by atoms with E-state index in [1.807, 2.05) is 0 Å². The molecule has 9 nitrogen and oxygen atoms in total. The first-order valence-corrected chi connectivity index (χ1v) is 11.9. The van der Waals surface area contributed by atoms with E-state index in [-0.39, 0.29) is 23.4 Å². The first-order chi connectivity index (χ1) is 18.2. The lowest BCUT2D eigenvalue weighted by atomic mass is 10.1. The second kappa shape index (κ2) is 11.2. The monoisotopic (exact) mass is 534 g/mol. The molecule has 4 rings (SSSR count). The molecule has 0 bridgehead atoms. The molecule has 0 unspecified atom stereocenters. The Labute approximate surface area is 223 Å². The molecular weight excluding hydrogens is 512 g/mol. The number of carboxylic acid groups (broad SMARTS) is 1. The van der Waals surface area contributed by atoms with Crippen LogP contribution in [-0.4, -0.2) is 35.5 Å². The number of anilines is 1. The van der Waals surface area contributed by atoms with Crippen LogP contribution in [0.3, 0.4) is 0 Å². The maximum atomic E-state index is 13.3. The van der Waals surface area contributed by atoms with Crippen LogP contribution in [0.5, 0.6) is 11.5 Å². The molecule has 1 heterocycles. The highest BCUT2D eigenvalue weighted by atomic mass is 35.5. The number of urea groups is 1. The normalized spacial score (nSPS) is 14.4. The van der Waals surface area contributed by atoms with Crippen LogP contribution in [0.1, 0.15) is 34.0 Å². The summed E-state index contributed by atoms with van der Waals surface area (Å²) in [4.78, 5) is 50.3. The number of ether oxygens (including phenoxy) is 2. The topological polar surface area (TPSA) is 122 Å². The standard InChI is InChI=1S/C28H23ClN2O7/c1-3-37-24-13-18(7-11-23(24)38-15-17-5-8-19(9-6-17)27(34)35)12-21-25(32)30-28(36)31(26(21)33)22-14-20(29)10-4-16(22)2/h4-14H,3,15H2,1-2H3,(H,34,35)(H,30,32,36)/b21-12+. The van der Waals surface area contributed by atoms with Crippen molar-refractivity contribution in [2.45, 2.75) is 20.5 Å². The lowest BCUT2D eigenvalue weighted by Crippen LogP contribution is -2.54. The van der Waals surface area contributed by atoms with E-state index < -0.39 is 23.8 Å². The zero-order chi connectivity index (χ0) is 27.4. The number of hydrogen-bond acceptors (Lipinski definition) is 6. The quantitative estimate of drug-likeness (QED) is 0.308. The molecule has 3 aromatic carbocycles. The van der Waals surface area contributed by atoms with Crippen LogP contribution in [0.15, 0.2) is 66.2 Å². The van der Waals surface area contributed by atoms with Gasteiger partial charge in [0.05, 0.1) is 17.9 Å². The summed E-state index contributed by atoms with van der Waals surface area (Å²) in [5.74, 6) is -1.82. The maximum Gasteiger partial charge on any atom is 0.335 e. The predicted molar refractivity (Wildman–Crippen MR) is 141 cm³/mol. The summed E-state index contributed by atoms with van der Waals surface area (Å²) < 4.78 is 11.6. The van der Waals surface area contributed by atoms with E-state index in [1.54, 1.807) is 56.3 Å². The Balaban J connectivity index is 1.60. The number of carboxylic acids is 1.